The summed E-state index contributed by atoms with van der Waals surface area (Å²) in [5.41, 5.74) is -3.78. The molecule has 31 heavy (non-hydrogen) atoms. The number of benzene rings is 1. The molecule has 1 fully saturated rings. The molecule has 0 atom stereocenters. The highest BCUT2D eigenvalue weighted by molar-refractivity contribution is 7.87. The summed E-state index contributed by atoms with van der Waals surface area (Å²) >= 11 is 0. The summed E-state index contributed by atoms with van der Waals surface area (Å²) in [6, 6.07) is 4.88. The molecular formula is C22H33F3O5S. The van der Waals surface area contributed by atoms with E-state index in [1.54, 1.807) is 18.2 Å². The van der Waals surface area contributed by atoms with Gasteiger partial charge in [-0.1, -0.05) is 27.7 Å². The van der Waals surface area contributed by atoms with Gasteiger partial charge in [-0.25, -0.2) is 0 Å². The van der Waals surface area contributed by atoms with Crippen LogP contribution < -0.4 is 4.74 Å². The third-order valence-corrected chi connectivity index (χ3v) is 5.88. The zero-order valence-electron chi connectivity index (χ0n) is 18.8. The van der Waals surface area contributed by atoms with Crippen LogP contribution in [0.3, 0.4) is 0 Å². The van der Waals surface area contributed by atoms with Crippen molar-refractivity contribution in [3.63, 3.8) is 0 Å². The molecule has 0 bridgehead atoms. The second-order valence-corrected chi connectivity index (χ2v) is 8.14. The maximum Gasteiger partial charge on any atom is 0.534 e. The zero-order chi connectivity index (χ0) is 23.7. The molecule has 0 spiro atoms. The van der Waals surface area contributed by atoms with Gasteiger partial charge in [-0.3, -0.25) is 0 Å². The minimum absolute atomic E-state index is 0.0646. The van der Waals surface area contributed by atoms with Crippen LogP contribution in [0.1, 0.15) is 64.5 Å². The summed E-state index contributed by atoms with van der Waals surface area (Å²) in [6.07, 6.45) is 3.01. The van der Waals surface area contributed by atoms with Crippen LogP contribution in [0.5, 0.6) is 5.75 Å². The molecule has 1 aromatic rings. The number of alkyl halides is 3. The smallest absolute Gasteiger partial charge is 0.497 e. The Morgan fingerprint density at radius 1 is 1.03 bits per heavy atom. The lowest BCUT2D eigenvalue weighted by molar-refractivity contribution is -0.0510. The summed E-state index contributed by atoms with van der Waals surface area (Å²) in [7, 11) is -4.27. The molecule has 0 radical (unpaired) electrons. The van der Waals surface area contributed by atoms with Gasteiger partial charge in [0, 0.05) is 18.8 Å². The van der Waals surface area contributed by atoms with Crippen LogP contribution in [-0.4, -0.2) is 34.2 Å². The van der Waals surface area contributed by atoms with Crippen LogP contribution in [-0.2, 0) is 25.5 Å². The number of ether oxygens (including phenoxy) is 2. The number of fused-ring (bicyclic) bond motifs is 1. The molecule has 0 saturated carbocycles. The minimum atomic E-state index is -5.76. The molecule has 0 amide bonds. The lowest BCUT2D eigenvalue weighted by Crippen LogP contribution is -2.26. The van der Waals surface area contributed by atoms with Gasteiger partial charge in [0.15, 0.2) is 0 Å². The van der Waals surface area contributed by atoms with E-state index in [4.69, 9.17) is 13.7 Å². The Balaban J connectivity index is 0.00000113. The molecule has 178 valence electrons. The van der Waals surface area contributed by atoms with Gasteiger partial charge in [0.05, 0.1) is 7.11 Å². The van der Waals surface area contributed by atoms with Gasteiger partial charge in [0.2, 0.25) is 0 Å². The fourth-order valence-corrected chi connectivity index (χ4v) is 4.08. The van der Waals surface area contributed by atoms with Gasteiger partial charge in [0.1, 0.15) is 11.5 Å². The molecule has 9 heteroatoms. The number of rotatable bonds is 4. The van der Waals surface area contributed by atoms with Crippen molar-refractivity contribution >= 4 is 15.9 Å². The molecule has 1 saturated heterocycles. The van der Waals surface area contributed by atoms with Crippen molar-refractivity contribution in [2.45, 2.75) is 65.3 Å². The standard InChI is InChI=1S/C18H21F3O5S.2C2H6/c1-24-14-5-6-16-13(11-14)3-2-4-15(12-7-9-25-10-8-12)17(16)26-27(22,23)18(19,20)21;2*1-2/h5-6,11-12H,2-4,7-10H2,1H3;2*1-2H3. The van der Waals surface area contributed by atoms with Crippen molar-refractivity contribution in [1.82, 2.24) is 0 Å². The molecule has 1 aromatic carbocycles. The van der Waals surface area contributed by atoms with E-state index in [0.717, 1.165) is 0 Å². The van der Waals surface area contributed by atoms with E-state index in [1.807, 2.05) is 27.7 Å². The van der Waals surface area contributed by atoms with E-state index < -0.39 is 15.6 Å². The van der Waals surface area contributed by atoms with Gasteiger partial charge < -0.3 is 13.7 Å². The number of methoxy groups -OCH3 is 1. The van der Waals surface area contributed by atoms with Crippen molar-refractivity contribution in [1.29, 1.82) is 0 Å². The van der Waals surface area contributed by atoms with Crippen LogP contribution in [0.25, 0.3) is 5.76 Å². The first-order valence-corrected chi connectivity index (χ1v) is 12.1. The normalized spacial score (nSPS) is 17.3. The molecular weight excluding hydrogens is 433 g/mol. The van der Waals surface area contributed by atoms with Crippen molar-refractivity contribution < 1.29 is 35.2 Å². The average molecular weight is 467 g/mol. The molecule has 0 aromatic heterocycles. The predicted octanol–water partition coefficient (Wildman–Crippen LogP) is 6.09. The summed E-state index contributed by atoms with van der Waals surface area (Å²) < 4.78 is 77.7. The Hall–Kier alpha value is -1.74. The highest BCUT2D eigenvalue weighted by Gasteiger charge is 2.49. The van der Waals surface area contributed by atoms with Crippen LogP contribution in [0.4, 0.5) is 13.2 Å². The minimum Gasteiger partial charge on any atom is -0.497 e. The highest BCUT2D eigenvalue weighted by atomic mass is 32.2. The fraction of sp³-hybridized carbons (Fsp3) is 0.636. The quantitative estimate of drug-likeness (QED) is 0.397. The third-order valence-electron chi connectivity index (χ3n) is 4.93. The van der Waals surface area contributed by atoms with Crippen molar-refractivity contribution in [3.8, 4) is 5.75 Å². The van der Waals surface area contributed by atoms with Crippen LogP contribution in [0, 0.1) is 5.92 Å². The van der Waals surface area contributed by atoms with E-state index in [1.165, 1.54) is 7.11 Å². The first-order valence-electron chi connectivity index (χ1n) is 10.7. The monoisotopic (exact) mass is 466 g/mol. The molecule has 0 unspecified atom stereocenters. The van der Waals surface area contributed by atoms with E-state index in [2.05, 4.69) is 0 Å². The van der Waals surface area contributed by atoms with Gasteiger partial charge in [-0.05, 0) is 67.4 Å². The summed E-state index contributed by atoms with van der Waals surface area (Å²) in [6.45, 7) is 8.98. The van der Waals surface area contributed by atoms with Gasteiger partial charge >= 0.3 is 15.6 Å². The fourth-order valence-electron chi connectivity index (χ4n) is 3.57. The SMILES string of the molecule is CC.CC.COc1ccc2c(c1)CCCC(C1CCOCC1)=C2OS(=O)(=O)C(F)(F)F. The first kappa shape index (κ1) is 27.3. The van der Waals surface area contributed by atoms with Crippen LogP contribution in [0.15, 0.2) is 23.8 Å². The Morgan fingerprint density at radius 3 is 2.19 bits per heavy atom. The predicted molar refractivity (Wildman–Crippen MR) is 115 cm³/mol. The van der Waals surface area contributed by atoms with Gasteiger partial charge in [-0.15, -0.1) is 0 Å². The molecule has 2 aliphatic rings. The number of halogens is 3. The van der Waals surface area contributed by atoms with Crippen LogP contribution in [0.2, 0.25) is 0 Å². The lowest BCUT2D eigenvalue weighted by Gasteiger charge is -2.26. The van der Waals surface area contributed by atoms with E-state index in [9.17, 15) is 21.6 Å². The summed E-state index contributed by atoms with van der Waals surface area (Å²) in [5.74, 6) is 0.306. The highest BCUT2D eigenvalue weighted by Crippen LogP contribution is 2.41. The van der Waals surface area contributed by atoms with E-state index in [-0.39, 0.29) is 11.7 Å². The van der Waals surface area contributed by atoms with Gasteiger partial charge in [-0.2, -0.15) is 21.6 Å². The maximum atomic E-state index is 13.0. The number of hydrogen-bond acceptors (Lipinski definition) is 5. The Kier molecular flexibility index (Phi) is 10.9. The summed E-state index contributed by atoms with van der Waals surface area (Å²) in [5, 5.41) is 0. The summed E-state index contributed by atoms with van der Waals surface area (Å²) in [4.78, 5) is 0. The maximum absolute atomic E-state index is 13.0. The van der Waals surface area contributed by atoms with E-state index >= 15 is 0 Å². The number of allylic oxidation sites excluding steroid dienone is 1. The molecule has 3 rings (SSSR count). The topological polar surface area (TPSA) is 61.8 Å². The molecule has 0 N–H and O–H groups in total. The second-order valence-electron chi connectivity index (χ2n) is 6.60. The van der Waals surface area contributed by atoms with Crippen LogP contribution >= 0.6 is 0 Å². The molecule has 1 aliphatic heterocycles. The molecule has 1 heterocycles. The van der Waals surface area contributed by atoms with E-state index in [0.29, 0.717) is 67.8 Å². The molecule has 1 aliphatic carbocycles. The Morgan fingerprint density at radius 2 is 1.65 bits per heavy atom. The van der Waals surface area contributed by atoms with Crippen molar-refractivity contribution in [2.24, 2.45) is 5.92 Å². The lowest BCUT2D eigenvalue weighted by atomic mass is 9.87. The third kappa shape index (κ3) is 6.87. The largest absolute Gasteiger partial charge is 0.534 e. The molecule has 5 nitrogen and oxygen atoms in total. The van der Waals surface area contributed by atoms with Crippen molar-refractivity contribution in [2.75, 3.05) is 20.3 Å². The zero-order valence-corrected chi connectivity index (χ0v) is 19.7. The Bertz CT molecular complexity index is 826. The van der Waals surface area contributed by atoms with Crippen molar-refractivity contribution in [3.05, 3.63) is 34.9 Å². The van der Waals surface area contributed by atoms with Gasteiger partial charge in [0.25, 0.3) is 0 Å². The Labute approximate surface area is 183 Å². The number of hydrogen-bond donors (Lipinski definition) is 0. The first-order chi connectivity index (χ1) is 14.7. The number of aryl methyl sites for hydroxylation is 1. The average Bonchev–Trinajstić information content (AvgIpc) is 2.95. The second kappa shape index (κ2) is 12.3.